The van der Waals surface area contributed by atoms with Crippen molar-refractivity contribution >= 4 is 17.5 Å². The molecule has 3 rings (SSSR count). The number of benzene rings is 2. The summed E-state index contributed by atoms with van der Waals surface area (Å²) in [7, 11) is 0. The van der Waals surface area contributed by atoms with Gasteiger partial charge in [0.15, 0.2) is 0 Å². The van der Waals surface area contributed by atoms with Crippen molar-refractivity contribution in [2.24, 2.45) is 0 Å². The molecule has 1 N–H and O–H groups in total. The first-order valence-electron chi connectivity index (χ1n) is 9.61. The van der Waals surface area contributed by atoms with Crippen LogP contribution in [0.15, 0.2) is 48.5 Å². The van der Waals surface area contributed by atoms with Gasteiger partial charge in [0.2, 0.25) is 0 Å². The van der Waals surface area contributed by atoms with E-state index in [1.54, 1.807) is 30.3 Å². The number of hydrogen-bond acceptors (Lipinski definition) is 3. The highest BCUT2D eigenvalue weighted by atomic mass is 16.5. The smallest absolute Gasteiger partial charge is 0.255 e. The van der Waals surface area contributed by atoms with Crippen LogP contribution in [0.25, 0.3) is 0 Å². The predicted octanol–water partition coefficient (Wildman–Crippen LogP) is 4.35. The van der Waals surface area contributed by atoms with E-state index >= 15 is 0 Å². The summed E-state index contributed by atoms with van der Waals surface area (Å²) < 4.78 is 5.68. The molecule has 0 unspecified atom stereocenters. The third-order valence-corrected chi connectivity index (χ3v) is 4.66. The molecule has 2 amide bonds. The topological polar surface area (TPSA) is 58.6 Å². The number of ether oxygens (including phenoxy) is 1. The first-order chi connectivity index (χ1) is 13.2. The van der Waals surface area contributed by atoms with Crippen molar-refractivity contribution < 1.29 is 14.3 Å². The molecule has 0 radical (unpaired) electrons. The monoisotopic (exact) mass is 366 g/mol. The van der Waals surface area contributed by atoms with E-state index in [0.717, 1.165) is 38.8 Å². The number of unbranched alkanes of at least 4 members (excludes halogenated alkanes) is 1. The van der Waals surface area contributed by atoms with E-state index < -0.39 is 0 Å². The molecule has 1 aliphatic heterocycles. The van der Waals surface area contributed by atoms with Crippen molar-refractivity contribution in [3.63, 3.8) is 0 Å². The first-order valence-corrected chi connectivity index (χ1v) is 9.61. The summed E-state index contributed by atoms with van der Waals surface area (Å²) in [6.07, 6.45) is 4.10. The standard InChI is InChI=1S/C22H26N2O3/c1-2-3-15-27-18-10-8-9-17(16-18)21(25)23-20-12-5-4-11-19(20)22(26)24-13-6-7-14-24/h4-5,8-12,16H,2-3,6-7,13-15H2,1H3,(H,23,25). The minimum absolute atomic E-state index is 0.0277. The van der Waals surface area contributed by atoms with Crippen LogP contribution in [0.5, 0.6) is 5.75 Å². The molecule has 2 aromatic rings. The van der Waals surface area contributed by atoms with Crippen LogP contribution in [-0.2, 0) is 0 Å². The third-order valence-electron chi connectivity index (χ3n) is 4.66. The Morgan fingerprint density at radius 1 is 1.07 bits per heavy atom. The molecule has 0 saturated carbocycles. The third kappa shape index (κ3) is 4.88. The maximum atomic E-state index is 12.7. The second-order valence-corrected chi connectivity index (χ2v) is 6.73. The van der Waals surface area contributed by atoms with Gasteiger partial charge in [-0.05, 0) is 49.6 Å². The Labute approximate surface area is 160 Å². The van der Waals surface area contributed by atoms with Gasteiger partial charge in [0.25, 0.3) is 11.8 Å². The molecule has 0 atom stereocenters. The average molecular weight is 366 g/mol. The van der Waals surface area contributed by atoms with Crippen molar-refractivity contribution in [1.29, 1.82) is 0 Å². The molecule has 0 bridgehead atoms. The number of carbonyl (C=O) groups excluding carboxylic acids is 2. The maximum absolute atomic E-state index is 12.7. The Kier molecular flexibility index (Phi) is 6.47. The van der Waals surface area contributed by atoms with E-state index in [2.05, 4.69) is 12.2 Å². The highest BCUT2D eigenvalue weighted by molar-refractivity contribution is 6.09. The van der Waals surface area contributed by atoms with Crippen LogP contribution in [0.1, 0.15) is 53.3 Å². The number of likely N-dealkylation sites (tertiary alicyclic amines) is 1. The molecule has 27 heavy (non-hydrogen) atoms. The van der Waals surface area contributed by atoms with Crippen LogP contribution < -0.4 is 10.1 Å². The number of nitrogens with one attached hydrogen (secondary N) is 1. The molecule has 142 valence electrons. The number of nitrogens with zero attached hydrogens (tertiary/aromatic N) is 1. The van der Waals surface area contributed by atoms with Gasteiger partial charge in [-0.1, -0.05) is 31.5 Å². The van der Waals surface area contributed by atoms with Gasteiger partial charge in [-0.25, -0.2) is 0 Å². The van der Waals surface area contributed by atoms with Crippen LogP contribution >= 0.6 is 0 Å². The molecule has 1 saturated heterocycles. The molecule has 2 aromatic carbocycles. The van der Waals surface area contributed by atoms with E-state index in [1.165, 1.54) is 0 Å². The van der Waals surface area contributed by atoms with Gasteiger partial charge < -0.3 is 15.0 Å². The zero-order valence-electron chi connectivity index (χ0n) is 15.7. The second-order valence-electron chi connectivity index (χ2n) is 6.73. The molecule has 0 aliphatic carbocycles. The SMILES string of the molecule is CCCCOc1cccc(C(=O)Nc2ccccc2C(=O)N2CCCC2)c1. The fraction of sp³-hybridized carbons (Fsp3) is 0.364. The first kappa shape index (κ1) is 19.0. The molecule has 5 heteroatoms. The van der Waals surface area contributed by atoms with Crippen LogP contribution in [0.2, 0.25) is 0 Å². The van der Waals surface area contributed by atoms with Gasteiger partial charge >= 0.3 is 0 Å². The number of anilines is 1. The van der Waals surface area contributed by atoms with E-state index in [-0.39, 0.29) is 11.8 Å². The second kappa shape index (κ2) is 9.21. The van der Waals surface area contributed by atoms with Gasteiger partial charge in [-0.2, -0.15) is 0 Å². The van der Waals surface area contributed by atoms with Crippen molar-refractivity contribution in [1.82, 2.24) is 4.90 Å². The van der Waals surface area contributed by atoms with Crippen molar-refractivity contribution in [2.45, 2.75) is 32.6 Å². The lowest BCUT2D eigenvalue weighted by Gasteiger charge is -2.18. The summed E-state index contributed by atoms with van der Waals surface area (Å²) in [6, 6.07) is 14.3. The number of rotatable bonds is 7. The largest absolute Gasteiger partial charge is 0.494 e. The minimum atomic E-state index is -0.252. The molecule has 0 aromatic heterocycles. The summed E-state index contributed by atoms with van der Waals surface area (Å²) in [5.41, 5.74) is 1.58. The van der Waals surface area contributed by atoms with Gasteiger partial charge in [0.1, 0.15) is 5.75 Å². The summed E-state index contributed by atoms with van der Waals surface area (Å²) in [5, 5.41) is 2.88. The lowest BCUT2D eigenvalue weighted by atomic mass is 10.1. The lowest BCUT2D eigenvalue weighted by Crippen LogP contribution is -2.28. The number of carbonyl (C=O) groups is 2. The maximum Gasteiger partial charge on any atom is 0.255 e. The van der Waals surface area contributed by atoms with Crippen LogP contribution in [-0.4, -0.2) is 36.4 Å². The summed E-state index contributed by atoms with van der Waals surface area (Å²) in [4.78, 5) is 27.3. The van der Waals surface area contributed by atoms with Gasteiger partial charge in [-0.15, -0.1) is 0 Å². The highest BCUT2D eigenvalue weighted by Gasteiger charge is 2.22. The van der Waals surface area contributed by atoms with Gasteiger partial charge in [0.05, 0.1) is 17.9 Å². The molecular formula is C22H26N2O3. The zero-order chi connectivity index (χ0) is 19.1. The minimum Gasteiger partial charge on any atom is -0.494 e. The quantitative estimate of drug-likeness (QED) is 0.741. The zero-order valence-corrected chi connectivity index (χ0v) is 15.7. The lowest BCUT2D eigenvalue weighted by molar-refractivity contribution is 0.0794. The van der Waals surface area contributed by atoms with Crippen LogP contribution in [0.3, 0.4) is 0 Å². The Morgan fingerprint density at radius 2 is 1.85 bits per heavy atom. The number of amides is 2. The molecular weight excluding hydrogens is 340 g/mol. The van der Waals surface area contributed by atoms with Crippen LogP contribution in [0, 0.1) is 0 Å². The number of hydrogen-bond donors (Lipinski definition) is 1. The van der Waals surface area contributed by atoms with E-state index in [9.17, 15) is 9.59 Å². The Morgan fingerprint density at radius 3 is 2.63 bits per heavy atom. The fourth-order valence-corrected chi connectivity index (χ4v) is 3.13. The Hall–Kier alpha value is -2.82. The summed E-state index contributed by atoms with van der Waals surface area (Å²) in [5.74, 6) is 0.398. The van der Waals surface area contributed by atoms with Crippen molar-refractivity contribution in [2.75, 3.05) is 25.0 Å². The van der Waals surface area contributed by atoms with Crippen molar-refractivity contribution in [3.8, 4) is 5.75 Å². The Bertz CT molecular complexity index is 798. The molecule has 1 aliphatic rings. The van der Waals surface area contributed by atoms with E-state index in [1.807, 2.05) is 23.1 Å². The molecule has 1 heterocycles. The summed E-state index contributed by atoms with van der Waals surface area (Å²) >= 11 is 0. The summed E-state index contributed by atoms with van der Waals surface area (Å²) in [6.45, 7) is 4.29. The fourth-order valence-electron chi connectivity index (χ4n) is 3.13. The average Bonchev–Trinajstić information content (AvgIpc) is 3.23. The van der Waals surface area contributed by atoms with Crippen molar-refractivity contribution in [3.05, 3.63) is 59.7 Å². The molecule has 0 spiro atoms. The predicted molar refractivity (Wildman–Crippen MR) is 106 cm³/mol. The normalized spacial score (nSPS) is 13.4. The number of para-hydroxylation sites is 1. The molecule has 1 fully saturated rings. The van der Waals surface area contributed by atoms with Gasteiger partial charge in [0, 0.05) is 18.7 Å². The Balaban J connectivity index is 1.73. The van der Waals surface area contributed by atoms with E-state index in [4.69, 9.17) is 4.74 Å². The van der Waals surface area contributed by atoms with E-state index in [0.29, 0.717) is 29.2 Å². The van der Waals surface area contributed by atoms with Gasteiger partial charge in [-0.3, -0.25) is 9.59 Å². The van der Waals surface area contributed by atoms with Crippen LogP contribution in [0.4, 0.5) is 5.69 Å². The molecule has 5 nitrogen and oxygen atoms in total. The highest BCUT2D eigenvalue weighted by Crippen LogP contribution is 2.22.